The molecule has 0 radical (unpaired) electrons. The standard InChI is InChI=1S/C14H18ClFN2O3/c1-14(2,6-5-12(19)20)18-13(21)17-8-9-3-4-11(16)10(15)7-9/h3-4,7H,5-6,8H2,1-2H3,(H,19,20)(H2,17,18,21). The minimum Gasteiger partial charge on any atom is -0.481 e. The quantitative estimate of drug-likeness (QED) is 0.755. The first-order valence-electron chi connectivity index (χ1n) is 6.41. The van der Waals surface area contributed by atoms with Gasteiger partial charge >= 0.3 is 12.0 Å². The molecular formula is C14H18ClFN2O3. The second-order valence-corrected chi connectivity index (χ2v) is 5.74. The Kier molecular flexibility index (Phi) is 5.96. The van der Waals surface area contributed by atoms with Gasteiger partial charge in [-0.2, -0.15) is 0 Å². The molecule has 21 heavy (non-hydrogen) atoms. The van der Waals surface area contributed by atoms with Gasteiger partial charge in [-0.15, -0.1) is 0 Å². The molecular weight excluding hydrogens is 299 g/mol. The summed E-state index contributed by atoms with van der Waals surface area (Å²) in [5.74, 6) is -1.43. The highest BCUT2D eigenvalue weighted by Gasteiger charge is 2.21. The summed E-state index contributed by atoms with van der Waals surface area (Å²) in [4.78, 5) is 22.3. The average Bonchev–Trinajstić information content (AvgIpc) is 2.37. The Morgan fingerprint density at radius 1 is 1.38 bits per heavy atom. The number of carboxylic acids is 1. The van der Waals surface area contributed by atoms with Gasteiger partial charge in [-0.1, -0.05) is 17.7 Å². The fourth-order valence-electron chi connectivity index (χ4n) is 1.67. The van der Waals surface area contributed by atoms with E-state index in [1.165, 1.54) is 18.2 Å². The monoisotopic (exact) mass is 316 g/mol. The summed E-state index contributed by atoms with van der Waals surface area (Å²) in [5.41, 5.74) is 0.0306. The van der Waals surface area contributed by atoms with Crippen LogP contribution in [0.5, 0.6) is 0 Å². The Hall–Kier alpha value is -1.82. The Morgan fingerprint density at radius 3 is 2.62 bits per heavy atom. The first-order valence-corrected chi connectivity index (χ1v) is 6.79. The van der Waals surface area contributed by atoms with Crippen molar-refractivity contribution in [3.8, 4) is 0 Å². The summed E-state index contributed by atoms with van der Waals surface area (Å²) in [6.45, 7) is 3.68. The van der Waals surface area contributed by atoms with E-state index in [1.807, 2.05) is 0 Å². The lowest BCUT2D eigenvalue weighted by Crippen LogP contribution is -2.48. The molecule has 0 heterocycles. The molecule has 0 atom stereocenters. The molecule has 0 spiro atoms. The maximum absolute atomic E-state index is 13.0. The predicted molar refractivity (Wildman–Crippen MR) is 77.7 cm³/mol. The van der Waals surface area contributed by atoms with Crippen LogP contribution < -0.4 is 10.6 Å². The van der Waals surface area contributed by atoms with E-state index in [-0.39, 0.29) is 18.0 Å². The summed E-state index contributed by atoms with van der Waals surface area (Å²) < 4.78 is 13.0. The van der Waals surface area contributed by atoms with Crippen LogP contribution in [0.4, 0.5) is 9.18 Å². The lowest BCUT2D eigenvalue weighted by Gasteiger charge is -2.25. The van der Waals surface area contributed by atoms with Gasteiger partial charge in [0.25, 0.3) is 0 Å². The van der Waals surface area contributed by atoms with E-state index in [0.29, 0.717) is 12.0 Å². The zero-order chi connectivity index (χ0) is 16.0. The Morgan fingerprint density at radius 2 is 2.05 bits per heavy atom. The molecule has 1 aromatic rings. The van der Waals surface area contributed by atoms with E-state index in [1.54, 1.807) is 13.8 Å². The topological polar surface area (TPSA) is 78.4 Å². The summed E-state index contributed by atoms with van der Waals surface area (Å²) in [6.07, 6.45) is 0.291. The largest absolute Gasteiger partial charge is 0.481 e. The molecule has 116 valence electrons. The Balaban J connectivity index is 2.46. The van der Waals surface area contributed by atoms with Crippen molar-refractivity contribution in [2.24, 2.45) is 0 Å². The van der Waals surface area contributed by atoms with Crippen molar-refractivity contribution in [3.05, 3.63) is 34.6 Å². The lowest BCUT2D eigenvalue weighted by atomic mass is 9.99. The molecule has 0 aliphatic rings. The van der Waals surface area contributed by atoms with E-state index in [4.69, 9.17) is 16.7 Å². The Bertz CT molecular complexity index is 535. The molecule has 7 heteroatoms. The SMILES string of the molecule is CC(C)(CCC(=O)O)NC(=O)NCc1ccc(F)c(Cl)c1. The van der Waals surface area contributed by atoms with Crippen molar-refractivity contribution in [1.29, 1.82) is 0 Å². The highest BCUT2D eigenvalue weighted by Crippen LogP contribution is 2.16. The Labute approximate surface area is 127 Å². The molecule has 2 amide bonds. The molecule has 3 N–H and O–H groups in total. The predicted octanol–water partition coefficient (Wildman–Crippen LogP) is 2.92. The fourth-order valence-corrected chi connectivity index (χ4v) is 1.87. The number of halogens is 2. The number of benzene rings is 1. The number of hydrogen-bond acceptors (Lipinski definition) is 2. The van der Waals surface area contributed by atoms with Crippen LogP contribution in [-0.4, -0.2) is 22.6 Å². The summed E-state index contributed by atoms with van der Waals surface area (Å²) in [6, 6.07) is 3.77. The molecule has 0 unspecified atom stereocenters. The number of aliphatic carboxylic acids is 1. The third-order valence-electron chi connectivity index (χ3n) is 2.85. The van der Waals surface area contributed by atoms with Crippen molar-refractivity contribution >= 4 is 23.6 Å². The smallest absolute Gasteiger partial charge is 0.315 e. The van der Waals surface area contributed by atoms with Crippen LogP contribution in [0, 0.1) is 5.82 Å². The number of urea groups is 1. The van der Waals surface area contributed by atoms with Crippen molar-refractivity contribution < 1.29 is 19.1 Å². The van der Waals surface area contributed by atoms with Gasteiger partial charge in [0.05, 0.1) is 5.02 Å². The zero-order valence-corrected chi connectivity index (χ0v) is 12.6. The van der Waals surface area contributed by atoms with Gasteiger partial charge in [0.1, 0.15) is 5.82 Å². The molecule has 1 aromatic carbocycles. The van der Waals surface area contributed by atoms with Crippen LogP contribution in [0.1, 0.15) is 32.3 Å². The maximum atomic E-state index is 13.0. The van der Waals surface area contributed by atoms with E-state index in [9.17, 15) is 14.0 Å². The number of carbonyl (C=O) groups is 2. The molecule has 0 saturated carbocycles. The van der Waals surface area contributed by atoms with Crippen molar-refractivity contribution in [2.45, 2.75) is 38.8 Å². The summed E-state index contributed by atoms with van der Waals surface area (Å²) >= 11 is 5.65. The van der Waals surface area contributed by atoms with Gasteiger partial charge in [-0.25, -0.2) is 9.18 Å². The number of amides is 2. The number of carbonyl (C=O) groups excluding carboxylic acids is 1. The lowest BCUT2D eigenvalue weighted by molar-refractivity contribution is -0.137. The number of carboxylic acid groups (broad SMARTS) is 1. The van der Waals surface area contributed by atoms with E-state index in [0.717, 1.165) is 0 Å². The molecule has 5 nitrogen and oxygen atoms in total. The van der Waals surface area contributed by atoms with Crippen LogP contribution in [0.15, 0.2) is 18.2 Å². The first-order chi connectivity index (χ1) is 9.69. The van der Waals surface area contributed by atoms with Crippen LogP contribution in [0.3, 0.4) is 0 Å². The van der Waals surface area contributed by atoms with Crippen molar-refractivity contribution in [1.82, 2.24) is 10.6 Å². The van der Waals surface area contributed by atoms with Crippen LogP contribution in [-0.2, 0) is 11.3 Å². The second-order valence-electron chi connectivity index (χ2n) is 5.33. The average molecular weight is 317 g/mol. The van der Waals surface area contributed by atoms with Gasteiger partial charge in [0, 0.05) is 18.5 Å². The molecule has 0 saturated heterocycles. The van der Waals surface area contributed by atoms with Crippen LogP contribution in [0.2, 0.25) is 5.02 Å². The summed E-state index contributed by atoms with van der Waals surface area (Å²) in [7, 11) is 0. The van der Waals surface area contributed by atoms with E-state index >= 15 is 0 Å². The molecule has 0 aliphatic heterocycles. The minimum atomic E-state index is -0.911. The van der Waals surface area contributed by atoms with Gasteiger partial charge in [0.2, 0.25) is 0 Å². The molecule has 1 rings (SSSR count). The number of rotatable bonds is 6. The molecule has 0 aliphatic carbocycles. The van der Waals surface area contributed by atoms with Gasteiger partial charge in [-0.05, 0) is 38.0 Å². The normalized spacial score (nSPS) is 11.0. The summed E-state index contributed by atoms with van der Waals surface area (Å²) in [5, 5.41) is 13.9. The van der Waals surface area contributed by atoms with Crippen molar-refractivity contribution in [2.75, 3.05) is 0 Å². The van der Waals surface area contributed by atoms with E-state index in [2.05, 4.69) is 10.6 Å². The molecule has 0 bridgehead atoms. The highest BCUT2D eigenvalue weighted by molar-refractivity contribution is 6.30. The first kappa shape index (κ1) is 17.2. The van der Waals surface area contributed by atoms with Crippen molar-refractivity contribution in [3.63, 3.8) is 0 Å². The second kappa shape index (κ2) is 7.26. The zero-order valence-electron chi connectivity index (χ0n) is 11.9. The molecule has 0 fully saturated rings. The van der Waals surface area contributed by atoms with Crippen LogP contribution in [0.25, 0.3) is 0 Å². The maximum Gasteiger partial charge on any atom is 0.315 e. The van der Waals surface area contributed by atoms with Crippen LogP contribution >= 0.6 is 11.6 Å². The molecule has 0 aromatic heterocycles. The number of hydrogen-bond donors (Lipinski definition) is 3. The minimum absolute atomic E-state index is 0.00324. The fraction of sp³-hybridized carbons (Fsp3) is 0.429. The third-order valence-corrected chi connectivity index (χ3v) is 3.14. The van der Waals surface area contributed by atoms with Gasteiger partial charge in [-0.3, -0.25) is 4.79 Å². The third kappa shape index (κ3) is 6.44. The highest BCUT2D eigenvalue weighted by atomic mass is 35.5. The van der Waals surface area contributed by atoms with Gasteiger partial charge < -0.3 is 15.7 Å². The van der Waals surface area contributed by atoms with E-state index < -0.39 is 23.4 Å². The number of nitrogens with one attached hydrogen (secondary N) is 2. The van der Waals surface area contributed by atoms with Gasteiger partial charge in [0.15, 0.2) is 0 Å².